The zero-order chi connectivity index (χ0) is 22.9. The average Bonchev–Trinajstić information content (AvgIpc) is 3.20. The van der Waals surface area contributed by atoms with Gasteiger partial charge in [0.25, 0.3) is 5.91 Å². The number of halogens is 3. The maximum absolute atomic E-state index is 12.8. The first-order valence-electron chi connectivity index (χ1n) is 10.6. The molecule has 6 nitrogen and oxygen atoms in total. The molecule has 0 unspecified atom stereocenters. The Morgan fingerprint density at radius 1 is 1.06 bits per heavy atom. The molecule has 5 rings (SSSR count). The third-order valence-corrected chi connectivity index (χ3v) is 6.91. The van der Waals surface area contributed by atoms with Crippen LogP contribution in [0, 0.1) is 0 Å². The molecule has 1 N–H and O–H groups in total. The first kappa shape index (κ1) is 22.2. The number of hydrogen-bond acceptors (Lipinski definition) is 4. The molecule has 1 amide bonds. The van der Waals surface area contributed by atoms with Crippen LogP contribution in [0.15, 0.2) is 65.3 Å². The maximum Gasteiger partial charge on any atom is 0.253 e. The molecule has 0 aliphatic carbocycles. The Hall–Kier alpha value is -2.61. The number of likely N-dealkylation sites (tertiary alicyclic amines) is 1. The summed E-state index contributed by atoms with van der Waals surface area (Å²) in [5.41, 5.74) is 2.96. The van der Waals surface area contributed by atoms with Gasteiger partial charge in [0.2, 0.25) is 0 Å². The summed E-state index contributed by atoms with van der Waals surface area (Å²) < 4.78 is 2.59. The third-order valence-electron chi connectivity index (χ3n) is 5.78. The Bertz CT molecular complexity index is 1330. The molecular weight excluding hydrogens is 525 g/mol. The van der Waals surface area contributed by atoms with Gasteiger partial charge in [-0.3, -0.25) is 4.79 Å². The van der Waals surface area contributed by atoms with Gasteiger partial charge in [-0.2, -0.15) is 9.61 Å². The van der Waals surface area contributed by atoms with Crippen molar-refractivity contribution < 1.29 is 4.79 Å². The minimum absolute atomic E-state index is 0.0132. The zero-order valence-corrected chi connectivity index (χ0v) is 20.6. The molecule has 0 radical (unpaired) electrons. The summed E-state index contributed by atoms with van der Waals surface area (Å²) >= 11 is 16.0. The monoisotopic (exact) mass is 543 g/mol. The van der Waals surface area contributed by atoms with Crippen LogP contribution in [0.1, 0.15) is 23.2 Å². The van der Waals surface area contributed by atoms with Gasteiger partial charge in [-0.1, -0.05) is 47.5 Å². The summed E-state index contributed by atoms with van der Waals surface area (Å²) in [5, 5.41) is 9.29. The fourth-order valence-electron chi connectivity index (χ4n) is 4.09. The van der Waals surface area contributed by atoms with Crippen molar-refractivity contribution in [2.24, 2.45) is 0 Å². The van der Waals surface area contributed by atoms with Crippen LogP contribution >= 0.6 is 39.1 Å². The highest BCUT2D eigenvalue weighted by atomic mass is 79.9. The maximum atomic E-state index is 12.8. The van der Waals surface area contributed by atoms with Crippen LogP contribution in [0.5, 0.6) is 0 Å². The molecule has 168 valence electrons. The van der Waals surface area contributed by atoms with Gasteiger partial charge in [0.05, 0.1) is 16.4 Å². The Morgan fingerprint density at radius 3 is 2.61 bits per heavy atom. The smallest absolute Gasteiger partial charge is 0.253 e. The second-order valence-electron chi connectivity index (χ2n) is 7.96. The standard InChI is InChI=1S/C24H20BrCl2N5O/c25-19-14-28-32-22(13-21(30-23(19)32)18-6-1-2-7-20(18)27)29-17-8-10-31(11-9-17)24(33)15-4-3-5-16(26)12-15/h1-7,12-14,17,29H,8-11H2. The van der Waals surface area contributed by atoms with Gasteiger partial charge in [-0.15, -0.1) is 0 Å². The number of anilines is 1. The zero-order valence-electron chi connectivity index (χ0n) is 17.5. The SMILES string of the molecule is O=C(c1cccc(Cl)c1)N1CCC(Nc2cc(-c3ccccc3Cl)nc3c(Br)cnn23)CC1. The van der Waals surface area contributed by atoms with Crippen LogP contribution in [-0.2, 0) is 0 Å². The largest absolute Gasteiger partial charge is 0.367 e. The first-order valence-corrected chi connectivity index (χ1v) is 12.1. The summed E-state index contributed by atoms with van der Waals surface area (Å²) in [4.78, 5) is 19.5. The van der Waals surface area contributed by atoms with Crippen molar-refractivity contribution in [3.63, 3.8) is 0 Å². The van der Waals surface area contributed by atoms with Gasteiger partial charge in [-0.05, 0) is 53.0 Å². The fraction of sp³-hybridized carbons (Fsp3) is 0.208. The number of carbonyl (C=O) groups is 1. The summed E-state index contributed by atoms with van der Waals surface area (Å²) in [7, 11) is 0. The Morgan fingerprint density at radius 2 is 1.85 bits per heavy atom. The van der Waals surface area contributed by atoms with E-state index in [2.05, 4.69) is 26.3 Å². The molecule has 0 saturated carbocycles. The van der Waals surface area contributed by atoms with Crippen LogP contribution in [0.25, 0.3) is 16.9 Å². The topological polar surface area (TPSA) is 62.5 Å². The number of carbonyl (C=O) groups excluding carboxylic acids is 1. The summed E-state index contributed by atoms with van der Waals surface area (Å²) in [6.45, 7) is 1.33. The molecule has 1 fully saturated rings. The van der Waals surface area contributed by atoms with E-state index in [1.165, 1.54) is 0 Å². The lowest BCUT2D eigenvalue weighted by Gasteiger charge is -2.33. The Balaban J connectivity index is 1.36. The van der Waals surface area contributed by atoms with Gasteiger partial charge in [0.1, 0.15) is 5.82 Å². The molecule has 2 aromatic heterocycles. The molecule has 33 heavy (non-hydrogen) atoms. The number of piperidine rings is 1. The van der Waals surface area contributed by atoms with Crippen molar-refractivity contribution in [3.05, 3.63) is 80.9 Å². The van der Waals surface area contributed by atoms with Crippen LogP contribution in [0.2, 0.25) is 10.0 Å². The predicted octanol–water partition coefficient (Wildman–Crippen LogP) is 6.18. The molecule has 0 spiro atoms. The van der Waals surface area contributed by atoms with Crippen LogP contribution in [0.4, 0.5) is 5.82 Å². The van der Waals surface area contributed by atoms with E-state index in [4.69, 9.17) is 28.2 Å². The van der Waals surface area contributed by atoms with E-state index in [-0.39, 0.29) is 11.9 Å². The lowest BCUT2D eigenvalue weighted by molar-refractivity contribution is 0.0718. The van der Waals surface area contributed by atoms with E-state index < -0.39 is 0 Å². The van der Waals surface area contributed by atoms with Crippen molar-refractivity contribution in [3.8, 4) is 11.3 Å². The van der Waals surface area contributed by atoms with Gasteiger partial charge >= 0.3 is 0 Å². The molecule has 1 aliphatic heterocycles. The van der Waals surface area contributed by atoms with Gasteiger partial charge < -0.3 is 10.2 Å². The molecule has 9 heteroatoms. The van der Waals surface area contributed by atoms with Crippen LogP contribution in [0.3, 0.4) is 0 Å². The van der Waals surface area contributed by atoms with Crippen molar-refractivity contribution in [2.45, 2.75) is 18.9 Å². The van der Waals surface area contributed by atoms with Crippen molar-refractivity contribution in [1.29, 1.82) is 0 Å². The second kappa shape index (κ2) is 9.33. The highest BCUT2D eigenvalue weighted by Crippen LogP contribution is 2.31. The van der Waals surface area contributed by atoms with Gasteiger partial charge in [0, 0.05) is 46.4 Å². The molecule has 0 bridgehead atoms. The van der Waals surface area contributed by atoms with Gasteiger partial charge in [-0.25, -0.2) is 4.98 Å². The van der Waals surface area contributed by atoms with E-state index in [1.54, 1.807) is 35.0 Å². The van der Waals surface area contributed by atoms with Crippen LogP contribution in [-0.4, -0.2) is 44.5 Å². The van der Waals surface area contributed by atoms with Crippen LogP contribution < -0.4 is 5.32 Å². The summed E-state index contributed by atoms with van der Waals surface area (Å²) in [6.07, 6.45) is 3.37. The third kappa shape index (κ3) is 4.58. The second-order valence-corrected chi connectivity index (χ2v) is 9.65. The van der Waals surface area contributed by atoms with E-state index in [1.807, 2.05) is 35.2 Å². The number of hydrogen-bond donors (Lipinski definition) is 1. The fourth-order valence-corrected chi connectivity index (χ4v) is 4.86. The normalized spacial score (nSPS) is 14.6. The molecule has 2 aromatic carbocycles. The van der Waals surface area contributed by atoms with E-state index in [0.29, 0.717) is 34.3 Å². The number of aromatic nitrogens is 3. The molecule has 1 aliphatic rings. The first-order chi connectivity index (χ1) is 16.0. The predicted molar refractivity (Wildman–Crippen MR) is 135 cm³/mol. The highest BCUT2D eigenvalue weighted by molar-refractivity contribution is 9.10. The van der Waals surface area contributed by atoms with E-state index in [0.717, 1.165) is 34.4 Å². The molecule has 3 heterocycles. The quantitative estimate of drug-likeness (QED) is 0.333. The minimum Gasteiger partial charge on any atom is -0.367 e. The highest BCUT2D eigenvalue weighted by Gasteiger charge is 2.25. The Kier molecular flexibility index (Phi) is 6.27. The summed E-state index contributed by atoms with van der Waals surface area (Å²) in [5.74, 6) is 0.847. The molecular formula is C24H20BrCl2N5O. The number of nitrogens with one attached hydrogen (secondary N) is 1. The van der Waals surface area contributed by atoms with Crippen molar-refractivity contribution >= 4 is 56.5 Å². The average molecular weight is 545 g/mol. The lowest BCUT2D eigenvalue weighted by Crippen LogP contribution is -2.42. The number of amides is 1. The summed E-state index contributed by atoms with van der Waals surface area (Å²) in [6, 6.07) is 16.9. The molecule has 1 saturated heterocycles. The van der Waals surface area contributed by atoms with Crippen molar-refractivity contribution in [1.82, 2.24) is 19.5 Å². The minimum atomic E-state index is 0.0132. The molecule has 0 atom stereocenters. The van der Waals surface area contributed by atoms with Gasteiger partial charge in [0.15, 0.2) is 5.65 Å². The molecule has 4 aromatic rings. The van der Waals surface area contributed by atoms with E-state index >= 15 is 0 Å². The Labute approximate surface area is 209 Å². The number of nitrogens with zero attached hydrogens (tertiary/aromatic N) is 4. The number of rotatable bonds is 4. The van der Waals surface area contributed by atoms with E-state index in [9.17, 15) is 4.79 Å². The number of fused-ring (bicyclic) bond motifs is 1. The number of benzene rings is 2. The lowest BCUT2D eigenvalue weighted by atomic mass is 10.0. The van der Waals surface area contributed by atoms with Crippen molar-refractivity contribution in [2.75, 3.05) is 18.4 Å².